The summed E-state index contributed by atoms with van der Waals surface area (Å²) in [5.74, 6) is 3.42. The summed E-state index contributed by atoms with van der Waals surface area (Å²) < 4.78 is 28.9. The number of nitrogens with zero attached hydrogens (tertiary/aromatic N) is 1. The van der Waals surface area contributed by atoms with Crippen LogP contribution >= 0.6 is 0 Å². The smallest absolute Gasteiger partial charge is 0.207 e. The number of aryl methyl sites for hydroxylation is 2. The number of rotatable bonds is 4. The van der Waals surface area contributed by atoms with E-state index in [1.807, 2.05) is 32.0 Å². The van der Waals surface area contributed by atoms with Crippen LogP contribution in [0.1, 0.15) is 22.9 Å². The summed E-state index contributed by atoms with van der Waals surface area (Å²) in [5, 5.41) is 0. The lowest BCUT2D eigenvalue weighted by molar-refractivity contribution is 0.170. The number of benzene rings is 1. The summed E-state index contributed by atoms with van der Waals surface area (Å²) in [5.41, 5.74) is 1.74. The number of aromatic nitrogens is 1. The van der Waals surface area contributed by atoms with Gasteiger partial charge in [0.25, 0.3) is 0 Å². The Morgan fingerprint density at radius 2 is 2.00 bits per heavy atom. The topological polar surface area (TPSA) is 61.6 Å². The first-order valence-electron chi connectivity index (χ1n) is 6.79. The fourth-order valence-corrected chi connectivity index (χ4v) is 3.29. The van der Waals surface area contributed by atoms with Crippen LogP contribution in [0.25, 0.3) is 0 Å². The van der Waals surface area contributed by atoms with Crippen LogP contribution in [0.4, 0.5) is 0 Å². The summed E-state index contributed by atoms with van der Waals surface area (Å²) in [7, 11) is -1.11. The first-order valence-corrected chi connectivity index (χ1v) is 8.27. The predicted molar refractivity (Wildman–Crippen MR) is 79.0 cm³/mol. The van der Waals surface area contributed by atoms with Gasteiger partial charge in [-0.2, -0.15) is 0 Å². The van der Waals surface area contributed by atoms with Crippen molar-refractivity contribution < 1.29 is 18.1 Å². The van der Waals surface area contributed by atoms with Crippen LogP contribution in [-0.4, -0.2) is 22.4 Å². The SMILES string of the molecule is Cc1nc(CS(=O)Cc2cccc3c2OCCO3)oc1C. The van der Waals surface area contributed by atoms with E-state index in [2.05, 4.69) is 4.98 Å². The van der Waals surface area contributed by atoms with Crippen molar-refractivity contribution in [1.29, 1.82) is 0 Å². The largest absolute Gasteiger partial charge is 0.486 e. The molecule has 5 nitrogen and oxygen atoms in total. The molecule has 0 spiro atoms. The molecule has 0 fully saturated rings. The van der Waals surface area contributed by atoms with Crippen LogP contribution in [0.2, 0.25) is 0 Å². The van der Waals surface area contributed by atoms with E-state index >= 15 is 0 Å². The molecule has 2 aromatic rings. The maximum Gasteiger partial charge on any atom is 0.207 e. The number of fused-ring (bicyclic) bond motifs is 1. The lowest BCUT2D eigenvalue weighted by Crippen LogP contribution is -2.17. The van der Waals surface area contributed by atoms with E-state index in [0.29, 0.717) is 36.4 Å². The molecule has 0 bridgehead atoms. The highest BCUT2D eigenvalue weighted by atomic mass is 32.2. The van der Waals surface area contributed by atoms with E-state index in [4.69, 9.17) is 13.9 Å². The Morgan fingerprint density at radius 3 is 2.76 bits per heavy atom. The van der Waals surface area contributed by atoms with E-state index in [0.717, 1.165) is 22.8 Å². The zero-order valence-electron chi connectivity index (χ0n) is 12.0. The normalized spacial score (nSPS) is 15.0. The Labute approximate surface area is 125 Å². The monoisotopic (exact) mass is 307 g/mol. The van der Waals surface area contributed by atoms with Crippen LogP contribution in [0.3, 0.4) is 0 Å². The maximum absolute atomic E-state index is 12.3. The minimum atomic E-state index is -1.11. The Hall–Kier alpha value is -1.82. The molecular formula is C15H17NO4S. The van der Waals surface area contributed by atoms with E-state index in [1.165, 1.54) is 0 Å². The van der Waals surface area contributed by atoms with Gasteiger partial charge in [-0.3, -0.25) is 4.21 Å². The molecule has 1 atom stereocenters. The van der Waals surface area contributed by atoms with Gasteiger partial charge in [-0.1, -0.05) is 12.1 Å². The van der Waals surface area contributed by atoms with Gasteiger partial charge in [-0.05, 0) is 19.9 Å². The maximum atomic E-state index is 12.3. The Balaban J connectivity index is 1.73. The van der Waals surface area contributed by atoms with Crippen LogP contribution < -0.4 is 9.47 Å². The summed E-state index contributed by atoms with van der Waals surface area (Å²) in [4.78, 5) is 4.26. The Kier molecular flexibility index (Phi) is 3.96. The lowest BCUT2D eigenvalue weighted by atomic mass is 10.2. The van der Waals surface area contributed by atoms with E-state index in [9.17, 15) is 4.21 Å². The molecule has 0 saturated heterocycles. The summed E-state index contributed by atoms with van der Waals surface area (Å²) in [6.45, 7) is 4.81. The van der Waals surface area contributed by atoms with Crippen molar-refractivity contribution in [2.24, 2.45) is 0 Å². The van der Waals surface area contributed by atoms with Crippen LogP contribution in [0.5, 0.6) is 11.5 Å². The number of hydrogen-bond donors (Lipinski definition) is 0. The second kappa shape index (κ2) is 5.89. The molecular weight excluding hydrogens is 290 g/mol. The minimum Gasteiger partial charge on any atom is -0.486 e. The van der Waals surface area contributed by atoms with Crippen molar-refractivity contribution in [1.82, 2.24) is 4.98 Å². The van der Waals surface area contributed by atoms with E-state index in [-0.39, 0.29) is 0 Å². The van der Waals surface area contributed by atoms with Crippen molar-refractivity contribution in [3.63, 3.8) is 0 Å². The fourth-order valence-electron chi connectivity index (χ4n) is 2.21. The highest BCUT2D eigenvalue weighted by Crippen LogP contribution is 2.34. The van der Waals surface area contributed by atoms with Gasteiger partial charge < -0.3 is 13.9 Å². The first kappa shape index (κ1) is 14.1. The quantitative estimate of drug-likeness (QED) is 0.868. The molecule has 0 radical (unpaired) electrons. The van der Waals surface area contributed by atoms with Crippen molar-refractivity contribution >= 4 is 10.8 Å². The highest BCUT2D eigenvalue weighted by Gasteiger charge is 2.18. The molecule has 1 aromatic heterocycles. The third kappa shape index (κ3) is 3.10. The molecule has 21 heavy (non-hydrogen) atoms. The zero-order chi connectivity index (χ0) is 14.8. The average Bonchev–Trinajstić information content (AvgIpc) is 2.77. The summed E-state index contributed by atoms with van der Waals surface area (Å²) >= 11 is 0. The van der Waals surface area contributed by atoms with Gasteiger partial charge in [0.1, 0.15) is 24.7 Å². The van der Waals surface area contributed by atoms with Crippen molar-refractivity contribution in [2.45, 2.75) is 25.4 Å². The average molecular weight is 307 g/mol. The van der Waals surface area contributed by atoms with Gasteiger partial charge in [0.15, 0.2) is 11.5 Å². The fraction of sp³-hybridized carbons (Fsp3) is 0.400. The third-order valence-electron chi connectivity index (χ3n) is 3.32. The van der Waals surface area contributed by atoms with Crippen LogP contribution in [0, 0.1) is 13.8 Å². The molecule has 0 amide bonds. The van der Waals surface area contributed by atoms with Gasteiger partial charge in [0.05, 0.1) is 11.4 Å². The molecule has 2 heterocycles. The van der Waals surface area contributed by atoms with Crippen molar-refractivity contribution in [3.8, 4) is 11.5 Å². The highest BCUT2D eigenvalue weighted by molar-refractivity contribution is 7.83. The molecule has 1 aliphatic rings. The van der Waals surface area contributed by atoms with Crippen LogP contribution in [-0.2, 0) is 22.3 Å². The van der Waals surface area contributed by atoms with Gasteiger partial charge in [-0.15, -0.1) is 0 Å². The second-order valence-corrected chi connectivity index (χ2v) is 6.38. The zero-order valence-corrected chi connectivity index (χ0v) is 12.9. The van der Waals surface area contributed by atoms with Gasteiger partial charge in [-0.25, -0.2) is 4.98 Å². The van der Waals surface area contributed by atoms with E-state index < -0.39 is 10.8 Å². The lowest BCUT2D eigenvalue weighted by Gasteiger charge is -2.20. The molecule has 1 aromatic carbocycles. The molecule has 1 unspecified atom stereocenters. The van der Waals surface area contributed by atoms with Gasteiger partial charge in [0, 0.05) is 16.4 Å². The second-order valence-electron chi connectivity index (χ2n) is 4.92. The molecule has 0 aliphatic carbocycles. The minimum absolute atomic E-state index is 0.305. The summed E-state index contributed by atoms with van der Waals surface area (Å²) in [6, 6.07) is 5.67. The van der Waals surface area contributed by atoms with Crippen molar-refractivity contribution in [2.75, 3.05) is 13.2 Å². The molecule has 0 N–H and O–H groups in total. The van der Waals surface area contributed by atoms with Crippen molar-refractivity contribution in [3.05, 3.63) is 41.1 Å². The predicted octanol–water partition coefficient (Wildman–Crippen LogP) is 2.51. The molecule has 1 aliphatic heterocycles. The molecule has 6 heteroatoms. The molecule has 3 rings (SSSR count). The first-order chi connectivity index (χ1) is 10.1. The molecule has 0 saturated carbocycles. The third-order valence-corrected chi connectivity index (χ3v) is 4.52. The standard InChI is InChI=1S/C15H17NO4S/c1-10-11(2)20-14(16-10)9-21(17)8-12-4-3-5-13-15(12)19-7-6-18-13/h3-5H,6-9H2,1-2H3. The number of para-hydroxylation sites is 1. The number of ether oxygens (including phenoxy) is 2. The Bertz CT molecular complexity index is 661. The van der Waals surface area contributed by atoms with Gasteiger partial charge >= 0.3 is 0 Å². The van der Waals surface area contributed by atoms with E-state index in [1.54, 1.807) is 0 Å². The summed E-state index contributed by atoms with van der Waals surface area (Å²) in [6.07, 6.45) is 0. The Morgan fingerprint density at radius 1 is 1.19 bits per heavy atom. The molecule has 112 valence electrons. The number of hydrogen-bond acceptors (Lipinski definition) is 5. The number of oxazole rings is 1. The van der Waals surface area contributed by atoms with Crippen LogP contribution in [0.15, 0.2) is 22.6 Å². The van der Waals surface area contributed by atoms with Gasteiger partial charge in [0.2, 0.25) is 5.89 Å².